The zero-order valence-electron chi connectivity index (χ0n) is 10.9. The van der Waals surface area contributed by atoms with E-state index in [2.05, 4.69) is 0 Å². The third-order valence-electron chi connectivity index (χ3n) is 2.84. The Kier molecular flexibility index (Phi) is 5.23. The van der Waals surface area contributed by atoms with Gasteiger partial charge >= 0.3 is 0 Å². The number of nitrogens with two attached hydrogens (primary N) is 1. The van der Waals surface area contributed by atoms with Crippen LogP contribution in [0.5, 0.6) is 5.75 Å². The van der Waals surface area contributed by atoms with E-state index in [1.165, 1.54) is 4.90 Å². The summed E-state index contributed by atoms with van der Waals surface area (Å²) in [7, 11) is 0. The molecule has 0 radical (unpaired) electrons. The molecule has 1 unspecified atom stereocenters. The van der Waals surface area contributed by atoms with Gasteiger partial charge < -0.3 is 15.7 Å². The molecule has 1 aromatic rings. The number of phenols is 1. The molecule has 0 saturated carbocycles. The number of hydrogen-bond donors (Lipinski definition) is 2. The normalized spacial score (nSPS) is 11.9. The first-order chi connectivity index (χ1) is 8.86. The molecule has 0 spiro atoms. The lowest BCUT2D eigenvalue weighted by Crippen LogP contribution is -2.38. The molecule has 1 aromatic carbocycles. The van der Waals surface area contributed by atoms with Crippen LogP contribution < -0.4 is 5.73 Å². The lowest BCUT2D eigenvalue weighted by molar-refractivity contribution is 0.0751. The van der Waals surface area contributed by atoms with E-state index in [1.54, 1.807) is 6.92 Å². The van der Waals surface area contributed by atoms with Crippen LogP contribution in [-0.4, -0.2) is 34.0 Å². The summed E-state index contributed by atoms with van der Waals surface area (Å²) in [6.45, 7) is 4.35. The molecule has 1 atom stereocenters. The van der Waals surface area contributed by atoms with Crippen molar-refractivity contribution in [1.82, 2.24) is 4.90 Å². The first-order valence-corrected chi connectivity index (χ1v) is 6.34. The van der Waals surface area contributed by atoms with E-state index >= 15 is 0 Å². The average Bonchev–Trinajstić information content (AvgIpc) is 2.37. The minimum Gasteiger partial charge on any atom is -0.507 e. The Balaban J connectivity index is 2.95. The first-order valence-electron chi connectivity index (χ1n) is 5.93. The Labute approximate surface area is 117 Å². The summed E-state index contributed by atoms with van der Waals surface area (Å²) < 4.78 is 13.1. The lowest BCUT2D eigenvalue weighted by atomic mass is 10.1. The van der Waals surface area contributed by atoms with Crippen molar-refractivity contribution in [2.24, 2.45) is 11.7 Å². The highest BCUT2D eigenvalue weighted by Gasteiger charge is 2.21. The summed E-state index contributed by atoms with van der Waals surface area (Å²) in [5.41, 5.74) is 5.46. The quantitative estimate of drug-likeness (QED) is 0.811. The largest absolute Gasteiger partial charge is 0.507 e. The van der Waals surface area contributed by atoms with Crippen molar-refractivity contribution in [3.8, 4) is 5.75 Å². The molecule has 104 valence electrons. The number of nitrogens with zero attached hydrogens (tertiary/aromatic N) is 1. The van der Waals surface area contributed by atoms with Gasteiger partial charge in [0.2, 0.25) is 0 Å². The smallest absolute Gasteiger partial charge is 0.257 e. The summed E-state index contributed by atoms with van der Waals surface area (Å²) in [5.74, 6) is -1.40. The molecular formula is C13H17FN2O2S. The number of carbonyl (C=O) groups is 1. The van der Waals surface area contributed by atoms with Crippen molar-refractivity contribution >= 4 is 23.1 Å². The van der Waals surface area contributed by atoms with Crippen molar-refractivity contribution < 1.29 is 14.3 Å². The molecule has 1 rings (SSSR count). The van der Waals surface area contributed by atoms with Gasteiger partial charge in [-0.3, -0.25) is 4.79 Å². The van der Waals surface area contributed by atoms with Crippen LogP contribution in [0.2, 0.25) is 0 Å². The van der Waals surface area contributed by atoms with Gasteiger partial charge in [0, 0.05) is 19.0 Å². The van der Waals surface area contributed by atoms with Gasteiger partial charge in [-0.1, -0.05) is 19.1 Å². The number of phenolic OH excluding ortho intramolecular Hbond substituents is 1. The second-order valence-corrected chi connectivity index (χ2v) is 4.78. The molecule has 0 aromatic heterocycles. The molecule has 0 heterocycles. The number of carbonyl (C=O) groups excluding carboxylic acids is 1. The van der Waals surface area contributed by atoms with Gasteiger partial charge in [0.1, 0.15) is 11.6 Å². The maximum Gasteiger partial charge on any atom is 0.257 e. The molecule has 6 heteroatoms. The summed E-state index contributed by atoms with van der Waals surface area (Å²) in [5, 5.41) is 9.63. The molecule has 0 fully saturated rings. The summed E-state index contributed by atoms with van der Waals surface area (Å²) >= 11 is 4.86. The second-order valence-electron chi connectivity index (χ2n) is 4.31. The van der Waals surface area contributed by atoms with E-state index in [9.17, 15) is 14.3 Å². The van der Waals surface area contributed by atoms with Crippen molar-refractivity contribution in [2.45, 2.75) is 13.8 Å². The number of rotatable bonds is 5. The number of hydrogen-bond acceptors (Lipinski definition) is 3. The fourth-order valence-electron chi connectivity index (χ4n) is 1.63. The van der Waals surface area contributed by atoms with E-state index in [1.807, 2.05) is 6.92 Å². The van der Waals surface area contributed by atoms with Crippen LogP contribution >= 0.6 is 12.2 Å². The number of benzene rings is 1. The van der Waals surface area contributed by atoms with Crippen LogP contribution in [0.15, 0.2) is 18.2 Å². The van der Waals surface area contributed by atoms with Crippen molar-refractivity contribution in [3.63, 3.8) is 0 Å². The van der Waals surface area contributed by atoms with Gasteiger partial charge in [-0.25, -0.2) is 4.39 Å². The Morgan fingerprint density at radius 2 is 2.21 bits per heavy atom. The van der Waals surface area contributed by atoms with Gasteiger partial charge in [-0.15, -0.1) is 0 Å². The highest BCUT2D eigenvalue weighted by atomic mass is 32.1. The van der Waals surface area contributed by atoms with Gasteiger partial charge in [0.05, 0.1) is 10.6 Å². The van der Waals surface area contributed by atoms with Crippen LogP contribution in [0.4, 0.5) is 4.39 Å². The first kappa shape index (κ1) is 15.4. The highest BCUT2D eigenvalue weighted by Crippen LogP contribution is 2.20. The van der Waals surface area contributed by atoms with Gasteiger partial charge in [-0.2, -0.15) is 0 Å². The van der Waals surface area contributed by atoms with Crippen molar-refractivity contribution in [1.29, 1.82) is 0 Å². The Morgan fingerprint density at radius 1 is 1.58 bits per heavy atom. The number of thiocarbonyl (C=S) groups is 1. The van der Waals surface area contributed by atoms with E-state index in [0.29, 0.717) is 18.1 Å². The van der Waals surface area contributed by atoms with E-state index in [-0.39, 0.29) is 17.2 Å². The predicted octanol–water partition coefficient (Wildman–Crippen LogP) is 1.92. The van der Waals surface area contributed by atoms with Crippen LogP contribution in [-0.2, 0) is 0 Å². The number of halogens is 1. The molecule has 0 aliphatic rings. The highest BCUT2D eigenvalue weighted by molar-refractivity contribution is 7.80. The van der Waals surface area contributed by atoms with Crippen molar-refractivity contribution in [2.75, 3.05) is 13.1 Å². The summed E-state index contributed by atoms with van der Waals surface area (Å²) in [6.07, 6.45) is 0. The molecule has 0 saturated heterocycles. The zero-order valence-corrected chi connectivity index (χ0v) is 11.7. The van der Waals surface area contributed by atoms with E-state index in [4.69, 9.17) is 18.0 Å². The van der Waals surface area contributed by atoms with Crippen LogP contribution in [0.3, 0.4) is 0 Å². The number of aromatic hydroxyl groups is 1. The fourth-order valence-corrected chi connectivity index (χ4v) is 1.70. The molecule has 3 N–H and O–H groups in total. The summed E-state index contributed by atoms with van der Waals surface area (Å²) in [6, 6.07) is 3.28. The molecular weight excluding hydrogens is 267 g/mol. The monoisotopic (exact) mass is 284 g/mol. The molecule has 0 aliphatic heterocycles. The maximum atomic E-state index is 13.1. The maximum absolute atomic E-state index is 13.1. The minimum absolute atomic E-state index is 0.0583. The third kappa shape index (κ3) is 3.89. The molecule has 0 aliphatic carbocycles. The van der Waals surface area contributed by atoms with E-state index < -0.39 is 11.7 Å². The van der Waals surface area contributed by atoms with Gasteiger partial charge in [0.15, 0.2) is 0 Å². The topological polar surface area (TPSA) is 66.6 Å². The average molecular weight is 284 g/mol. The van der Waals surface area contributed by atoms with Crippen molar-refractivity contribution in [3.05, 3.63) is 29.6 Å². The minimum atomic E-state index is -0.570. The van der Waals surface area contributed by atoms with Crippen LogP contribution in [0, 0.1) is 11.7 Å². The Morgan fingerprint density at radius 3 is 2.74 bits per heavy atom. The molecule has 0 bridgehead atoms. The molecule has 4 nitrogen and oxygen atoms in total. The van der Waals surface area contributed by atoms with Gasteiger partial charge in [-0.05, 0) is 25.1 Å². The van der Waals surface area contributed by atoms with Crippen LogP contribution in [0.1, 0.15) is 24.2 Å². The molecule has 1 amide bonds. The standard InChI is InChI=1S/C13H17FN2O2S/c1-3-16(7-8(2)12(15)19)13(18)10-6-9(14)4-5-11(10)17/h4-6,8,17H,3,7H2,1-2H3,(H2,15,19). The zero-order chi connectivity index (χ0) is 14.6. The third-order valence-corrected chi connectivity index (χ3v) is 3.24. The Bertz CT molecular complexity index is 494. The van der Waals surface area contributed by atoms with Crippen LogP contribution in [0.25, 0.3) is 0 Å². The SMILES string of the molecule is CCN(CC(C)C(N)=S)C(=O)c1cc(F)ccc1O. The van der Waals surface area contributed by atoms with Gasteiger partial charge in [0.25, 0.3) is 5.91 Å². The summed E-state index contributed by atoms with van der Waals surface area (Å²) in [4.78, 5) is 14.0. The van der Waals surface area contributed by atoms with E-state index in [0.717, 1.165) is 18.2 Å². The predicted molar refractivity (Wildman–Crippen MR) is 75.6 cm³/mol. The fraction of sp³-hybridized carbons (Fsp3) is 0.385. The molecule has 19 heavy (non-hydrogen) atoms. The second kappa shape index (κ2) is 6.47. The Hall–Kier alpha value is -1.69. The lowest BCUT2D eigenvalue weighted by Gasteiger charge is -2.24. The number of amides is 1.